The van der Waals surface area contributed by atoms with E-state index in [0.717, 1.165) is 31.0 Å². The molecule has 0 aromatic carbocycles. The monoisotopic (exact) mass is 292 g/mol. The fourth-order valence-corrected chi connectivity index (χ4v) is 3.92. The number of hydrogen-bond donors (Lipinski definition) is 2. The van der Waals surface area contributed by atoms with Crippen LogP contribution in [0.2, 0.25) is 0 Å². The Morgan fingerprint density at radius 2 is 1.90 bits per heavy atom. The van der Waals surface area contributed by atoms with Gasteiger partial charge in [-0.2, -0.15) is 0 Å². The van der Waals surface area contributed by atoms with E-state index in [0.29, 0.717) is 6.04 Å². The van der Waals surface area contributed by atoms with Crippen LogP contribution in [0.4, 0.5) is 0 Å². The van der Waals surface area contributed by atoms with E-state index < -0.39 is 0 Å². The Hall–Kier alpha value is -0.770. The topological polar surface area (TPSA) is 39.7 Å². The summed E-state index contributed by atoms with van der Waals surface area (Å²) in [5.74, 6) is 1.89. The maximum absolute atomic E-state index is 4.80. The Morgan fingerprint density at radius 3 is 2.57 bits per heavy atom. The molecule has 0 aromatic heterocycles. The minimum atomic E-state index is 0.588. The van der Waals surface area contributed by atoms with Crippen molar-refractivity contribution in [1.82, 2.24) is 15.5 Å². The Kier molecular flexibility index (Phi) is 5.39. The van der Waals surface area contributed by atoms with E-state index >= 15 is 0 Å². The van der Waals surface area contributed by atoms with Crippen LogP contribution in [0.5, 0.6) is 0 Å². The second-order valence-corrected chi connectivity index (χ2v) is 7.08. The van der Waals surface area contributed by atoms with Gasteiger partial charge in [-0.15, -0.1) is 0 Å². The van der Waals surface area contributed by atoms with Gasteiger partial charge in [-0.05, 0) is 44.9 Å². The molecule has 4 nitrogen and oxygen atoms in total. The zero-order valence-electron chi connectivity index (χ0n) is 13.6. The first-order chi connectivity index (χ1) is 10.3. The highest BCUT2D eigenvalue weighted by molar-refractivity contribution is 5.80. The normalized spacial score (nSPS) is 28.8. The summed E-state index contributed by atoms with van der Waals surface area (Å²) < 4.78 is 0. The second kappa shape index (κ2) is 7.48. The van der Waals surface area contributed by atoms with E-state index in [1.165, 1.54) is 64.5 Å². The summed E-state index contributed by atoms with van der Waals surface area (Å²) in [6, 6.07) is 1.45. The molecule has 0 bridgehead atoms. The van der Waals surface area contributed by atoms with Crippen LogP contribution in [0.3, 0.4) is 0 Å². The van der Waals surface area contributed by atoms with Gasteiger partial charge in [0.15, 0.2) is 5.96 Å². The highest BCUT2D eigenvalue weighted by Gasteiger charge is 2.30. The van der Waals surface area contributed by atoms with Crippen LogP contribution in [-0.2, 0) is 0 Å². The number of likely N-dealkylation sites (tertiary alicyclic amines) is 1. The molecule has 0 aromatic rings. The van der Waals surface area contributed by atoms with Crippen molar-refractivity contribution < 1.29 is 0 Å². The molecule has 1 heterocycles. The molecule has 0 amide bonds. The number of hydrogen-bond acceptors (Lipinski definition) is 2. The molecule has 0 spiro atoms. The molecule has 3 rings (SSSR count). The van der Waals surface area contributed by atoms with Crippen LogP contribution in [0.25, 0.3) is 0 Å². The Bertz CT molecular complexity index is 345. The highest BCUT2D eigenvalue weighted by Crippen LogP contribution is 2.27. The van der Waals surface area contributed by atoms with Gasteiger partial charge in [-0.25, -0.2) is 0 Å². The number of guanidine groups is 1. The number of aliphatic imine (C=N–C) groups is 1. The summed E-state index contributed by atoms with van der Waals surface area (Å²) in [5.41, 5.74) is 0. The van der Waals surface area contributed by atoms with Crippen LogP contribution < -0.4 is 10.6 Å². The predicted molar refractivity (Wildman–Crippen MR) is 88.7 cm³/mol. The third-order valence-electron chi connectivity index (χ3n) is 5.48. The predicted octanol–water partition coefficient (Wildman–Crippen LogP) is 2.36. The van der Waals surface area contributed by atoms with Gasteiger partial charge >= 0.3 is 0 Å². The lowest BCUT2D eigenvalue weighted by Gasteiger charge is -2.25. The molecule has 1 atom stereocenters. The average molecular weight is 292 g/mol. The first-order valence-corrected chi connectivity index (χ1v) is 9.14. The standard InChI is InChI=1S/C17H32N4/c1-2-18-17(19-12-14-6-5-7-14)20-15-10-11-21(13-15)16-8-3-4-9-16/h14-16H,2-13H2,1H3,(H2,18,19,20). The Labute approximate surface area is 129 Å². The van der Waals surface area contributed by atoms with Crippen LogP contribution in [0.15, 0.2) is 4.99 Å². The summed E-state index contributed by atoms with van der Waals surface area (Å²) in [7, 11) is 0. The Morgan fingerprint density at radius 1 is 1.10 bits per heavy atom. The maximum Gasteiger partial charge on any atom is 0.191 e. The van der Waals surface area contributed by atoms with E-state index in [4.69, 9.17) is 4.99 Å². The molecule has 120 valence electrons. The zero-order chi connectivity index (χ0) is 14.5. The minimum Gasteiger partial charge on any atom is -0.357 e. The fraction of sp³-hybridized carbons (Fsp3) is 0.941. The molecule has 1 aliphatic heterocycles. The molecule has 0 radical (unpaired) electrons. The third-order valence-corrected chi connectivity index (χ3v) is 5.48. The van der Waals surface area contributed by atoms with Gasteiger partial charge in [0.1, 0.15) is 0 Å². The summed E-state index contributed by atoms with van der Waals surface area (Å²) in [6.07, 6.45) is 11.1. The van der Waals surface area contributed by atoms with Crippen LogP contribution in [-0.4, -0.2) is 49.1 Å². The number of nitrogens with one attached hydrogen (secondary N) is 2. The molecule has 3 aliphatic rings. The molecule has 2 aliphatic carbocycles. The van der Waals surface area contributed by atoms with E-state index in [9.17, 15) is 0 Å². The second-order valence-electron chi connectivity index (χ2n) is 7.08. The summed E-state index contributed by atoms with van der Waals surface area (Å²) in [5, 5.41) is 7.09. The molecule has 2 N–H and O–H groups in total. The zero-order valence-corrected chi connectivity index (χ0v) is 13.6. The van der Waals surface area contributed by atoms with Crippen molar-refractivity contribution in [2.45, 2.75) is 70.4 Å². The van der Waals surface area contributed by atoms with E-state index in [-0.39, 0.29) is 0 Å². The van der Waals surface area contributed by atoms with E-state index in [1.54, 1.807) is 0 Å². The van der Waals surface area contributed by atoms with Crippen molar-refractivity contribution >= 4 is 5.96 Å². The van der Waals surface area contributed by atoms with E-state index in [1.807, 2.05) is 0 Å². The van der Waals surface area contributed by atoms with Crippen molar-refractivity contribution in [2.24, 2.45) is 10.9 Å². The van der Waals surface area contributed by atoms with Crippen LogP contribution in [0.1, 0.15) is 58.3 Å². The number of rotatable bonds is 5. The molecule has 21 heavy (non-hydrogen) atoms. The quantitative estimate of drug-likeness (QED) is 0.603. The highest BCUT2D eigenvalue weighted by atomic mass is 15.3. The van der Waals surface area contributed by atoms with Crippen molar-refractivity contribution in [3.63, 3.8) is 0 Å². The van der Waals surface area contributed by atoms with Crippen LogP contribution >= 0.6 is 0 Å². The van der Waals surface area contributed by atoms with Gasteiger partial charge in [-0.3, -0.25) is 9.89 Å². The summed E-state index contributed by atoms with van der Waals surface area (Å²) >= 11 is 0. The van der Waals surface area contributed by atoms with Crippen LogP contribution in [0, 0.1) is 5.92 Å². The SMILES string of the molecule is CCNC(=NCC1CCC1)NC1CCN(C2CCCC2)C1. The van der Waals surface area contributed by atoms with Gasteiger partial charge in [0.05, 0.1) is 0 Å². The number of nitrogens with zero attached hydrogens (tertiary/aromatic N) is 2. The smallest absolute Gasteiger partial charge is 0.191 e. The first kappa shape index (κ1) is 15.1. The summed E-state index contributed by atoms with van der Waals surface area (Å²) in [6.45, 7) is 6.59. The van der Waals surface area contributed by atoms with Gasteiger partial charge in [-0.1, -0.05) is 19.3 Å². The van der Waals surface area contributed by atoms with Gasteiger partial charge in [0.2, 0.25) is 0 Å². The fourth-order valence-electron chi connectivity index (χ4n) is 3.92. The lowest BCUT2D eigenvalue weighted by Crippen LogP contribution is -2.45. The molecule has 3 fully saturated rings. The van der Waals surface area contributed by atoms with Crippen molar-refractivity contribution in [3.05, 3.63) is 0 Å². The molecule has 4 heteroatoms. The Balaban J connectivity index is 1.46. The lowest BCUT2D eigenvalue weighted by molar-refractivity contribution is 0.242. The van der Waals surface area contributed by atoms with Crippen molar-refractivity contribution in [1.29, 1.82) is 0 Å². The van der Waals surface area contributed by atoms with E-state index in [2.05, 4.69) is 22.5 Å². The molecule has 1 saturated heterocycles. The van der Waals surface area contributed by atoms with Gasteiger partial charge in [0, 0.05) is 38.3 Å². The average Bonchev–Trinajstić information content (AvgIpc) is 3.07. The molecule has 1 unspecified atom stereocenters. The molecular weight excluding hydrogens is 260 g/mol. The first-order valence-electron chi connectivity index (χ1n) is 9.14. The van der Waals surface area contributed by atoms with Gasteiger partial charge < -0.3 is 10.6 Å². The molecular formula is C17H32N4. The molecule has 2 saturated carbocycles. The lowest BCUT2D eigenvalue weighted by atomic mass is 9.86. The van der Waals surface area contributed by atoms with Crippen molar-refractivity contribution in [2.75, 3.05) is 26.2 Å². The maximum atomic E-state index is 4.80. The van der Waals surface area contributed by atoms with Crippen molar-refractivity contribution in [3.8, 4) is 0 Å². The largest absolute Gasteiger partial charge is 0.357 e. The third kappa shape index (κ3) is 4.12. The summed E-state index contributed by atoms with van der Waals surface area (Å²) in [4.78, 5) is 7.51. The van der Waals surface area contributed by atoms with Gasteiger partial charge in [0.25, 0.3) is 0 Å². The minimum absolute atomic E-state index is 0.588.